The van der Waals surface area contributed by atoms with Crippen molar-refractivity contribution in [3.05, 3.63) is 59.0 Å². The number of rotatable bonds is 4. The summed E-state index contributed by atoms with van der Waals surface area (Å²) in [6, 6.07) is 13.9. The van der Waals surface area contributed by atoms with Crippen LogP contribution in [0.15, 0.2) is 40.8 Å². The minimum Gasteiger partial charge on any atom is -0.465 e. The molecular weight excluding hydrogens is 224 g/mol. The Morgan fingerprint density at radius 1 is 1.17 bits per heavy atom. The van der Waals surface area contributed by atoms with E-state index in [4.69, 9.17) is 9.68 Å². The minimum absolute atomic E-state index is 0.736. The summed E-state index contributed by atoms with van der Waals surface area (Å²) in [5.41, 5.74) is 1.78. The summed E-state index contributed by atoms with van der Waals surface area (Å²) in [6.45, 7) is 3.42. The van der Waals surface area contributed by atoms with Crippen molar-refractivity contribution in [2.45, 2.75) is 20.0 Å². The Hall–Kier alpha value is -2.05. The van der Waals surface area contributed by atoms with Crippen molar-refractivity contribution in [3.8, 4) is 6.07 Å². The highest BCUT2D eigenvalue weighted by atomic mass is 16.3. The minimum atomic E-state index is 0.736. The average Bonchev–Trinajstić information content (AvgIpc) is 2.75. The molecule has 18 heavy (non-hydrogen) atoms. The maximum absolute atomic E-state index is 9.04. The molecular formula is C15H16N2O. The van der Waals surface area contributed by atoms with Gasteiger partial charge in [0.25, 0.3) is 0 Å². The first-order valence-electron chi connectivity index (χ1n) is 5.91. The fraction of sp³-hybridized carbons (Fsp3) is 0.267. The van der Waals surface area contributed by atoms with Gasteiger partial charge in [0, 0.05) is 6.54 Å². The molecule has 0 aliphatic rings. The van der Waals surface area contributed by atoms with E-state index in [1.54, 1.807) is 0 Å². The van der Waals surface area contributed by atoms with Gasteiger partial charge >= 0.3 is 0 Å². The monoisotopic (exact) mass is 240 g/mol. The standard InChI is InChI=1S/C15H16N2O/c1-12-7-8-15(18-12)11-17(2)10-14-6-4-3-5-13(14)9-16/h3-8H,10-11H2,1-2H3. The zero-order valence-corrected chi connectivity index (χ0v) is 10.7. The Balaban J connectivity index is 2.03. The van der Waals surface area contributed by atoms with E-state index >= 15 is 0 Å². The van der Waals surface area contributed by atoms with Crippen LogP contribution in [0.5, 0.6) is 0 Å². The molecule has 0 spiro atoms. The number of nitriles is 1. The normalized spacial score (nSPS) is 10.6. The summed E-state index contributed by atoms with van der Waals surface area (Å²) in [4.78, 5) is 2.13. The van der Waals surface area contributed by atoms with Gasteiger partial charge in [0.15, 0.2) is 0 Å². The van der Waals surface area contributed by atoms with Gasteiger partial charge < -0.3 is 4.42 Å². The van der Waals surface area contributed by atoms with Crippen molar-refractivity contribution >= 4 is 0 Å². The van der Waals surface area contributed by atoms with E-state index in [0.29, 0.717) is 0 Å². The smallest absolute Gasteiger partial charge is 0.118 e. The molecule has 0 unspecified atom stereocenters. The molecule has 0 bridgehead atoms. The number of hydrogen-bond donors (Lipinski definition) is 0. The number of benzene rings is 1. The third kappa shape index (κ3) is 2.99. The molecule has 0 N–H and O–H groups in total. The average molecular weight is 240 g/mol. The molecule has 2 aromatic rings. The summed E-state index contributed by atoms with van der Waals surface area (Å²) >= 11 is 0. The van der Waals surface area contributed by atoms with E-state index in [2.05, 4.69) is 11.0 Å². The molecule has 0 atom stereocenters. The lowest BCUT2D eigenvalue weighted by Gasteiger charge is -2.15. The van der Waals surface area contributed by atoms with Gasteiger partial charge in [-0.05, 0) is 37.7 Å². The van der Waals surface area contributed by atoms with Gasteiger partial charge in [-0.2, -0.15) is 5.26 Å². The van der Waals surface area contributed by atoms with Crippen LogP contribution in [0.4, 0.5) is 0 Å². The lowest BCUT2D eigenvalue weighted by atomic mass is 10.1. The van der Waals surface area contributed by atoms with Gasteiger partial charge in [0.05, 0.1) is 18.2 Å². The zero-order valence-electron chi connectivity index (χ0n) is 10.7. The largest absolute Gasteiger partial charge is 0.465 e. The summed E-state index contributed by atoms with van der Waals surface area (Å²) < 4.78 is 5.54. The zero-order chi connectivity index (χ0) is 13.0. The van der Waals surface area contributed by atoms with Crippen LogP contribution in [0.3, 0.4) is 0 Å². The van der Waals surface area contributed by atoms with Gasteiger partial charge in [-0.1, -0.05) is 18.2 Å². The maximum Gasteiger partial charge on any atom is 0.118 e. The molecule has 0 amide bonds. The van der Waals surface area contributed by atoms with E-state index in [1.807, 2.05) is 50.4 Å². The molecule has 1 aromatic carbocycles. The first-order valence-corrected chi connectivity index (χ1v) is 5.91. The van der Waals surface area contributed by atoms with Crippen LogP contribution in [0.2, 0.25) is 0 Å². The van der Waals surface area contributed by atoms with Crippen LogP contribution in [0.1, 0.15) is 22.6 Å². The highest BCUT2D eigenvalue weighted by Crippen LogP contribution is 2.13. The van der Waals surface area contributed by atoms with Gasteiger partial charge in [-0.25, -0.2) is 0 Å². The van der Waals surface area contributed by atoms with Gasteiger partial charge in [-0.15, -0.1) is 0 Å². The first-order chi connectivity index (χ1) is 8.69. The van der Waals surface area contributed by atoms with E-state index in [-0.39, 0.29) is 0 Å². The predicted octanol–water partition coefficient (Wildman–Crippen LogP) is 3.09. The van der Waals surface area contributed by atoms with Crippen LogP contribution in [-0.2, 0) is 13.1 Å². The molecule has 2 rings (SSSR count). The number of aryl methyl sites for hydroxylation is 1. The Morgan fingerprint density at radius 2 is 1.94 bits per heavy atom. The van der Waals surface area contributed by atoms with Crippen LogP contribution in [-0.4, -0.2) is 11.9 Å². The predicted molar refractivity (Wildman–Crippen MR) is 69.8 cm³/mol. The highest BCUT2D eigenvalue weighted by Gasteiger charge is 2.07. The molecule has 0 aliphatic heterocycles. The van der Waals surface area contributed by atoms with Crippen molar-refractivity contribution < 1.29 is 4.42 Å². The van der Waals surface area contributed by atoms with Gasteiger partial charge in [-0.3, -0.25) is 4.90 Å². The maximum atomic E-state index is 9.04. The second-order valence-electron chi connectivity index (χ2n) is 4.45. The lowest BCUT2D eigenvalue weighted by molar-refractivity contribution is 0.285. The molecule has 1 heterocycles. The van der Waals surface area contributed by atoms with Crippen molar-refractivity contribution in [3.63, 3.8) is 0 Å². The van der Waals surface area contributed by atoms with Crippen molar-refractivity contribution in [2.24, 2.45) is 0 Å². The summed E-state index contributed by atoms with van der Waals surface area (Å²) in [7, 11) is 2.02. The summed E-state index contributed by atoms with van der Waals surface area (Å²) in [6.07, 6.45) is 0. The summed E-state index contributed by atoms with van der Waals surface area (Å²) in [5, 5.41) is 9.04. The van der Waals surface area contributed by atoms with Crippen LogP contribution < -0.4 is 0 Å². The SMILES string of the molecule is Cc1ccc(CN(C)Cc2ccccc2C#N)o1. The Kier molecular flexibility index (Phi) is 3.81. The molecule has 3 heteroatoms. The Labute approximate surface area is 107 Å². The second-order valence-corrected chi connectivity index (χ2v) is 4.45. The number of furan rings is 1. The van der Waals surface area contributed by atoms with E-state index in [1.165, 1.54) is 0 Å². The Morgan fingerprint density at radius 3 is 2.61 bits per heavy atom. The lowest BCUT2D eigenvalue weighted by Crippen LogP contribution is -2.17. The molecule has 3 nitrogen and oxygen atoms in total. The van der Waals surface area contributed by atoms with Crippen LogP contribution in [0, 0.1) is 18.3 Å². The van der Waals surface area contributed by atoms with Crippen molar-refractivity contribution in [2.75, 3.05) is 7.05 Å². The fourth-order valence-electron chi connectivity index (χ4n) is 1.95. The second kappa shape index (κ2) is 5.52. The molecule has 0 fully saturated rings. The molecule has 0 aliphatic carbocycles. The first kappa shape index (κ1) is 12.4. The van der Waals surface area contributed by atoms with E-state index < -0.39 is 0 Å². The third-order valence-electron chi connectivity index (χ3n) is 2.80. The Bertz CT molecular complexity index is 566. The highest BCUT2D eigenvalue weighted by molar-refractivity contribution is 5.37. The fourth-order valence-corrected chi connectivity index (χ4v) is 1.95. The quantitative estimate of drug-likeness (QED) is 0.824. The van der Waals surface area contributed by atoms with E-state index in [0.717, 1.165) is 35.7 Å². The number of hydrogen-bond acceptors (Lipinski definition) is 3. The molecule has 0 saturated heterocycles. The van der Waals surface area contributed by atoms with Crippen molar-refractivity contribution in [1.82, 2.24) is 4.90 Å². The number of nitrogens with zero attached hydrogens (tertiary/aromatic N) is 2. The summed E-state index contributed by atoms with van der Waals surface area (Å²) in [5.74, 6) is 1.88. The molecule has 0 saturated carbocycles. The van der Waals surface area contributed by atoms with E-state index in [9.17, 15) is 0 Å². The van der Waals surface area contributed by atoms with Crippen LogP contribution >= 0.6 is 0 Å². The van der Waals surface area contributed by atoms with Crippen LogP contribution in [0.25, 0.3) is 0 Å². The molecule has 1 aromatic heterocycles. The van der Waals surface area contributed by atoms with Gasteiger partial charge in [0.2, 0.25) is 0 Å². The topological polar surface area (TPSA) is 40.2 Å². The van der Waals surface area contributed by atoms with Gasteiger partial charge in [0.1, 0.15) is 11.5 Å². The molecule has 0 radical (unpaired) electrons. The third-order valence-corrected chi connectivity index (χ3v) is 2.80. The molecule has 92 valence electrons. The van der Waals surface area contributed by atoms with Crippen molar-refractivity contribution in [1.29, 1.82) is 5.26 Å².